The fourth-order valence-electron chi connectivity index (χ4n) is 1.41. The number of carboxylic acids is 2. The average Bonchev–Trinajstić information content (AvgIpc) is 2.28. The number of hydrazine groups is 1. The third-order valence-electron chi connectivity index (χ3n) is 2.20. The van der Waals surface area contributed by atoms with Gasteiger partial charge in [0.05, 0.1) is 13.2 Å². The van der Waals surface area contributed by atoms with Gasteiger partial charge in [0.1, 0.15) is 13.1 Å². The average molecular weight is 261 g/mol. The molecule has 0 atom stereocenters. The monoisotopic (exact) mass is 261 g/mol. The van der Waals surface area contributed by atoms with Crippen molar-refractivity contribution in [1.29, 1.82) is 0 Å². The number of carbonyl (C=O) groups excluding carboxylic acids is 1. The largest absolute Gasteiger partial charge is 0.480 e. The number of nitrogens with zero attached hydrogens (tertiary/aromatic N) is 2. The Morgan fingerprint density at radius 3 is 2.06 bits per heavy atom. The lowest BCUT2D eigenvalue weighted by molar-refractivity contribution is -0.140. The predicted octanol–water partition coefficient (Wildman–Crippen LogP) is -1.59. The van der Waals surface area contributed by atoms with Gasteiger partial charge in [-0.1, -0.05) is 0 Å². The van der Waals surface area contributed by atoms with Crippen molar-refractivity contribution in [2.75, 3.05) is 39.4 Å². The normalized spacial score (nSPS) is 16.0. The molecule has 9 heteroatoms. The van der Waals surface area contributed by atoms with Crippen LogP contribution in [-0.4, -0.2) is 77.5 Å². The smallest absolute Gasteiger partial charge is 0.332 e. The molecule has 18 heavy (non-hydrogen) atoms. The number of nitrogens with one attached hydrogen (secondary N) is 1. The van der Waals surface area contributed by atoms with Crippen LogP contribution < -0.4 is 5.43 Å². The van der Waals surface area contributed by atoms with E-state index in [1.54, 1.807) is 5.01 Å². The van der Waals surface area contributed by atoms with Gasteiger partial charge in [-0.05, 0) is 0 Å². The number of hydrogen-bond donors (Lipinski definition) is 3. The molecule has 1 rings (SSSR count). The van der Waals surface area contributed by atoms with E-state index >= 15 is 0 Å². The minimum Gasteiger partial charge on any atom is -0.480 e. The number of morpholine rings is 1. The highest BCUT2D eigenvalue weighted by atomic mass is 16.5. The van der Waals surface area contributed by atoms with Crippen molar-refractivity contribution < 1.29 is 29.3 Å². The van der Waals surface area contributed by atoms with E-state index in [1.807, 2.05) is 0 Å². The van der Waals surface area contributed by atoms with Crippen molar-refractivity contribution >= 4 is 18.0 Å². The van der Waals surface area contributed by atoms with Crippen molar-refractivity contribution in [3.63, 3.8) is 0 Å². The summed E-state index contributed by atoms with van der Waals surface area (Å²) in [5, 5.41) is 18.8. The molecule has 0 saturated carbocycles. The summed E-state index contributed by atoms with van der Waals surface area (Å²) in [4.78, 5) is 33.5. The molecular weight excluding hydrogens is 246 g/mol. The van der Waals surface area contributed by atoms with Gasteiger partial charge in [-0.15, -0.1) is 0 Å². The van der Waals surface area contributed by atoms with Crippen LogP contribution in [0.3, 0.4) is 0 Å². The molecule has 2 amide bonds. The van der Waals surface area contributed by atoms with Crippen LogP contribution in [0.1, 0.15) is 0 Å². The molecule has 3 N–H and O–H groups in total. The van der Waals surface area contributed by atoms with Gasteiger partial charge in [-0.3, -0.25) is 15.0 Å². The second kappa shape index (κ2) is 6.77. The molecule has 0 bridgehead atoms. The standard InChI is InChI=1S/C9H15N3O6/c13-7(14)5-11(6-8(15)16)9(17)10-12-1-3-18-4-2-12/h1-6H2,(H,10,17)(H,13,14)(H,15,16). The topological polar surface area (TPSA) is 119 Å². The fraction of sp³-hybridized carbons (Fsp3) is 0.667. The maximum atomic E-state index is 11.7. The number of ether oxygens (including phenoxy) is 1. The quantitative estimate of drug-likeness (QED) is 0.546. The number of aliphatic carboxylic acids is 2. The Bertz CT molecular complexity index is 312. The van der Waals surface area contributed by atoms with E-state index in [0.717, 1.165) is 0 Å². The van der Waals surface area contributed by atoms with Gasteiger partial charge >= 0.3 is 18.0 Å². The van der Waals surface area contributed by atoms with Gasteiger partial charge in [0.2, 0.25) is 0 Å². The van der Waals surface area contributed by atoms with Crippen molar-refractivity contribution in [3.05, 3.63) is 0 Å². The summed E-state index contributed by atoms with van der Waals surface area (Å²) in [7, 11) is 0. The minimum absolute atomic E-state index is 0.456. The maximum Gasteiger partial charge on any atom is 0.332 e. The Kier molecular flexibility index (Phi) is 5.33. The summed E-state index contributed by atoms with van der Waals surface area (Å²) in [6, 6.07) is -0.748. The molecule has 0 radical (unpaired) electrons. The lowest BCUT2D eigenvalue weighted by Gasteiger charge is -2.29. The third kappa shape index (κ3) is 4.97. The molecule has 1 aliphatic rings. The van der Waals surface area contributed by atoms with Gasteiger partial charge in [0.25, 0.3) is 0 Å². The molecule has 1 heterocycles. The summed E-state index contributed by atoms with van der Waals surface area (Å²) in [5.74, 6) is -2.54. The van der Waals surface area contributed by atoms with E-state index in [0.29, 0.717) is 31.2 Å². The maximum absolute atomic E-state index is 11.7. The second-order valence-corrected chi connectivity index (χ2v) is 3.66. The van der Waals surface area contributed by atoms with E-state index in [9.17, 15) is 14.4 Å². The van der Waals surface area contributed by atoms with Crippen LogP contribution in [0, 0.1) is 0 Å². The lowest BCUT2D eigenvalue weighted by atomic mass is 10.5. The number of urea groups is 1. The molecule has 1 saturated heterocycles. The van der Waals surface area contributed by atoms with Gasteiger partial charge in [-0.2, -0.15) is 0 Å². The van der Waals surface area contributed by atoms with Crippen LogP contribution in [0.15, 0.2) is 0 Å². The fourth-order valence-corrected chi connectivity index (χ4v) is 1.41. The van der Waals surface area contributed by atoms with Gasteiger partial charge in [0, 0.05) is 13.1 Å². The van der Waals surface area contributed by atoms with E-state index < -0.39 is 31.1 Å². The first-order valence-electron chi connectivity index (χ1n) is 5.31. The molecule has 0 aliphatic carbocycles. The van der Waals surface area contributed by atoms with Crippen LogP contribution in [0.4, 0.5) is 4.79 Å². The third-order valence-corrected chi connectivity index (χ3v) is 2.20. The molecule has 0 spiro atoms. The van der Waals surface area contributed by atoms with Crippen molar-refractivity contribution in [2.45, 2.75) is 0 Å². The van der Waals surface area contributed by atoms with Crippen LogP contribution in [0.2, 0.25) is 0 Å². The number of carbonyl (C=O) groups is 3. The van der Waals surface area contributed by atoms with E-state index in [4.69, 9.17) is 14.9 Å². The molecule has 1 fully saturated rings. The SMILES string of the molecule is O=C(O)CN(CC(=O)O)C(=O)NN1CCOCC1. The number of hydrogen-bond acceptors (Lipinski definition) is 5. The summed E-state index contributed by atoms with van der Waals surface area (Å²) < 4.78 is 5.08. The van der Waals surface area contributed by atoms with Gasteiger partial charge in [-0.25, -0.2) is 9.80 Å². The van der Waals surface area contributed by atoms with Crippen molar-refractivity contribution in [2.24, 2.45) is 0 Å². The Labute approximate surface area is 103 Å². The summed E-state index contributed by atoms with van der Waals surface area (Å²) >= 11 is 0. The van der Waals surface area contributed by atoms with Gasteiger partial charge < -0.3 is 19.8 Å². The molecule has 102 valence electrons. The Balaban J connectivity index is 2.51. The van der Waals surface area contributed by atoms with Crippen molar-refractivity contribution in [1.82, 2.24) is 15.3 Å². The van der Waals surface area contributed by atoms with Crippen LogP contribution in [-0.2, 0) is 14.3 Å². The molecule has 1 aliphatic heterocycles. The first-order chi connectivity index (χ1) is 8.49. The highest BCUT2D eigenvalue weighted by Gasteiger charge is 2.22. The summed E-state index contributed by atoms with van der Waals surface area (Å²) in [6.07, 6.45) is 0. The zero-order chi connectivity index (χ0) is 13.5. The highest BCUT2D eigenvalue weighted by molar-refractivity contribution is 5.83. The molecule has 0 aromatic heterocycles. The van der Waals surface area contributed by atoms with E-state index in [2.05, 4.69) is 5.43 Å². The predicted molar refractivity (Wildman–Crippen MR) is 57.8 cm³/mol. The number of rotatable bonds is 5. The van der Waals surface area contributed by atoms with E-state index in [-0.39, 0.29) is 0 Å². The van der Waals surface area contributed by atoms with Gasteiger partial charge in [0.15, 0.2) is 0 Å². The Morgan fingerprint density at radius 2 is 1.61 bits per heavy atom. The minimum atomic E-state index is -1.27. The summed E-state index contributed by atoms with van der Waals surface area (Å²) in [6.45, 7) is 0.528. The van der Waals surface area contributed by atoms with Crippen LogP contribution in [0.25, 0.3) is 0 Å². The molecule has 0 aromatic rings. The number of carboxylic acid groups (broad SMARTS) is 2. The summed E-state index contributed by atoms with van der Waals surface area (Å²) in [5.41, 5.74) is 2.44. The highest BCUT2D eigenvalue weighted by Crippen LogP contribution is 1.96. The van der Waals surface area contributed by atoms with Crippen LogP contribution >= 0.6 is 0 Å². The number of amides is 2. The zero-order valence-corrected chi connectivity index (χ0v) is 9.66. The lowest BCUT2D eigenvalue weighted by Crippen LogP contribution is -2.54. The Morgan fingerprint density at radius 1 is 1.11 bits per heavy atom. The molecule has 0 aromatic carbocycles. The first-order valence-corrected chi connectivity index (χ1v) is 5.31. The molecule has 9 nitrogen and oxygen atoms in total. The molecule has 0 unspecified atom stereocenters. The van der Waals surface area contributed by atoms with Crippen LogP contribution in [0.5, 0.6) is 0 Å². The molecular formula is C9H15N3O6. The van der Waals surface area contributed by atoms with E-state index in [1.165, 1.54) is 0 Å². The second-order valence-electron chi connectivity index (χ2n) is 3.66. The zero-order valence-electron chi connectivity index (χ0n) is 9.66. The van der Waals surface area contributed by atoms with Crippen molar-refractivity contribution in [3.8, 4) is 0 Å². The first kappa shape index (κ1) is 14.2. The Hall–Kier alpha value is -1.87.